The number of hydrogen-bond acceptors (Lipinski definition) is 9. The quantitative estimate of drug-likeness (QED) is 0.265. The first kappa shape index (κ1) is 23.1. The van der Waals surface area contributed by atoms with Gasteiger partial charge in [0.15, 0.2) is 5.09 Å². The van der Waals surface area contributed by atoms with Crippen LogP contribution in [-0.4, -0.2) is 43.7 Å². The highest BCUT2D eigenvalue weighted by molar-refractivity contribution is 7.93. The van der Waals surface area contributed by atoms with Crippen LogP contribution in [0.2, 0.25) is 0 Å². The molecular formula is C16H21N3O5S4. The number of carboxylic acids is 2. The molecule has 2 heterocycles. The molecule has 1 unspecified atom stereocenters. The van der Waals surface area contributed by atoms with Gasteiger partial charge >= 0.3 is 11.9 Å². The summed E-state index contributed by atoms with van der Waals surface area (Å²) in [7, 11) is 0. The fourth-order valence-electron chi connectivity index (χ4n) is 2.88. The topological polar surface area (TPSA) is 114 Å². The van der Waals surface area contributed by atoms with Crippen LogP contribution >= 0.6 is 50.7 Å². The van der Waals surface area contributed by atoms with Gasteiger partial charge in [-0.05, 0) is 12.8 Å². The van der Waals surface area contributed by atoms with Crippen LogP contribution in [0.4, 0.5) is 0 Å². The van der Waals surface area contributed by atoms with E-state index in [-0.39, 0.29) is 0 Å². The van der Waals surface area contributed by atoms with Crippen molar-refractivity contribution in [3.63, 3.8) is 0 Å². The third-order valence-electron chi connectivity index (χ3n) is 4.17. The predicted molar refractivity (Wildman–Crippen MR) is 118 cm³/mol. The predicted octanol–water partition coefficient (Wildman–Crippen LogP) is 2.42. The molecule has 0 saturated heterocycles. The summed E-state index contributed by atoms with van der Waals surface area (Å²) in [5.74, 6) is -2.51. The molecule has 1 aromatic heterocycles. The van der Waals surface area contributed by atoms with Gasteiger partial charge < -0.3 is 20.3 Å². The van der Waals surface area contributed by atoms with Gasteiger partial charge in [-0.1, -0.05) is 25.7 Å². The summed E-state index contributed by atoms with van der Waals surface area (Å²) >= 11 is 17.8. The summed E-state index contributed by atoms with van der Waals surface area (Å²) in [5, 5.41) is 19.6. The number of imidazole rings is 1. The van der Waals surface area contributed by atoms with Crippen LogP contribution in [0.3, 0.4) is 0 Å². The molecule has 0 aromatic carbocycles. The number of carbonyl (C=O) groups is 2. The summed E-state index contributed by atoms with van der Waals surface area (Å²) in [6.07, 6.45) is 7.73. The van der Waals surface area contributed by atoms with Gasteiger partial charge in [0.2, 0.25) is 4.93 Å². The maximum absolute atomic E-state index is 9.55. The van der Waals surface area contributed by atoms with E-state index < -0.39 is 16.9 Å². The van der Waals surface area contributed by atoms with Crippen molar-refractivity contribution in [2.45, 2.75) is 36.7 Å². The van der Waals surface area contributed by atoms with E-state index in [1.165, 1.54) is 25.7 Å². The highest BCUT2D eigenvalue weighted by Crippen LogP contribution is 2.44. The van der Waals surface area contributed by atoms with E-state index in [0.717, 1.165) is 11.4 Å². The van der Waals surface area contributed by atoms with E-state index in [1.54, 1.807) is 10.3 Å². The first-order chi connectivity index (χ1) is 13.1. The Morgan fingerprint density at radius 2 is 1.86 bits per heavy atom. The Kier molecular flexibility index (Phi) is 8.25. The number of ether oxygens (including phenoxy) is 1. The van der Waals surface area contributed by atoms with Crippen LogP contribution in [0, 0.1) is 0 Å². The molecule has 1 aliphatic heterocycles. The Bertz CT molecular complexity index is 788. The van der Waals surface area contributed by atoms with Crippen LogP contribution in [-0.2, 0) is 19.3 Å². The lowest BCUT2D eigenvalue weighted by Crippen LogP contribution is -2.41. The first-order valence-corrected chi connectivity index (χ1v) is 10.1. The molecule has 2 aliphatic rings. The van der Waals surface area contributed by atoms with E-state index in [2.05, 4.69) is 48.4 Å². The number of carboxylic acid groups (broad SMARTS) is 2. The molecule has 0 bridgehead atoms. The molecule has 1 atom stereocenters. The maximum atomic E-state index is 9.55. The van der Waals surface area contributed by atoms with Gasteiger partial charge in [0.05, 0.1) is 17.1 Å². The van der Waals surface area contributed by atoms with Gasteiger partial charge in [-0.3, -0.25) is 3.97 Å². The van der Waals surface area contributed by atoms with Gasteiger partial charge in [0.25, 0.3) is 0 Å². The molecule has 1 aromatic rings. The number of nitrogens with one attached hydrogen (secondary N) is 1. The van der Waals surface area contributed by atoms with Crippen molar-refractivity contribution >= 4 is 67.5 Å². The number of aromatic nitrogens is 2. The highest BCUT2D eigenvalue weighted by Gasteiger charge is 2.41. The second kappa shape index (κ2) is 10.0. The Hall–Kier alpha value is -1.21. The fourth-order valence-corrected chi connectivity index (χ4v) is 4.14. The molecule has 1 fully saturated rings. The maximum Gasteiger partial charge on any atom is 0.328 e. The number of aliphatic carboxylic acids is 2. The van der Waals surface area contributed by atoms with Gasteiger partial charge in [-0.15, -0.1) is 37.9 Å². The smallest absolute Gasteiger partial charge is 0.328 e. The molecule has 3 rings (SSSR count). The zero-order valence-electron chi connectivity index (χ0n) is 14.6. The van der Waals surface area contributed by atoms with Crippen molar-refractivity contribution in [1.29, 1.82) is 0 Å². The lowest BCUT2D eigenvalue weighted by atomic mass is 10.1. The van der Waals surface area contributed by atoms with Crippen molar-refractivity contribution in [3.8, 4) is 0 Å². The summed E-state index contributed by atoms with van der Waals surface area (Å²) in [4.78, 5) is 23.3. The van der Waals surface area contributed by atoms with E-state index in [4.69, 9.17) is 27.6 Å². The molecule has 0 spiro atoms. The van der Waals surface area contributed by atoms with E-state index in [9.17, 15) is 9.59 Å². The molecular weight excluding hydrogens is 442 g/mol. The van der Waals surface area contributed by atoms with Crippen molar-refractivity contribution in [3.05, 3.63) is 35.0 Å². The molecule has 28 heavy (non-hydrogen) atoms. The molecule has 8 nitrogen and oxygen atoms in total. The molecule has 154 valence electrons. The molecule has 0 radical (unpaired) electrons. The number of hydrogen-bond donors (Lipinski definition) is 7. The van der Waals surface area contributed by atoms with E-state index >= 15 is 0 Å². The van der Waals surface area contributed by atoms with Crippen LogP contribution in [0.15, 0.2) is 23.6 Å². The first-order valence-electron chi connectivity index (χ1n) is 8.32. The number of nitrogens with zero attached hydrogens (tertiary/aromatic N) is 2. The Labute approximate surface area is 184 Å². The minimum atomic E-state index is -1.26. The van der Waals surface area contributed by atoms with Gasteiger partial charge in [0, 0.05) is 18.2 Å². The minimum absolute atomic E-state index is 0.444. The summed E-state index contributed by atoms with van der Waals surface area (Å²) < 4.78 is 7.47. The Morgan fingerprint density at radius 1 is 1.29 bits per heavy atom. The summed E-state index contributed by atoms with van der Waals surface area (Å²) in [6, 6.07) is 0.536. The molecule has 12 heteroatoms. The highest BCUT2D eigenvalue weighted by atomic mass is 32.1. The van der Waals surface area contributed by atoms with Gasteiger partial charge in [0.1, 0.15) is 12.0 Å². The van der Waals surface area contributed by atoms with Crippen LogP contribution < -0.4 is 5.32 Å². The minimum Gasteiger partial charge on any atom is -0.478 e. The van der Waals surface area contributed by atoms with Crippen LogP contribution in [0.25, 0.3) is 4.91 Å². The van der Waals surface area contributed by atoms with Crippen LogP contribution in [0.5, 0.6) is 0 Å². The lowest BCUT2D eigenvalue weighted by molar-refractivity contribution is -0.134. The van der Waals surface area contributed by atoms with Crippen molar-refractivity contribution in [2.75, 3.05) is 6.54 Å². The second-order valence-electron chi connectivity index (χ2n) is 6.20. The zero-order chi connectivity index (χ0) is 20.9. The number of rotatable bonds is 5. The van der Waals surface area contributed by atoms with E-state index in [1.807, 2.05) is 0 Å². The molecule has 1 saturated carbocycles. The lowest BCUT2D eigenvalue weighted by Gasteiger charge is -2.34. The number of fused-ring (bicyclic) bond motifs is 1. The largest absolute Gasteiger partial charge is 0.478 e. The van der Waals surface area contributed by atoms with Crippen molar-refractivity contribution < 1.29 is 24.5 Å². The molecule has 0 amide bonds. The monoisotopic (exact) mass is 463 g/mol. The van der Waals surface area contributed by atoms with Crippen molar-refractivity contribution in [1.82, 2.24) is 14.3 Å². The number of thiol groups is 4. The zero-order valence-corrected chi connectivity index (χ0v) is 18.2. The average molecular weight is 464 g/mol. The summed E-state index contributed by atoms with van der Waals surface area (Å²) in [6.45, 7) is 0.573. The molecule has 1 aliphatic carbocycles. The van der Waals surface area contributed by atoms with Gasteiger partial charge in [-0.25, -0.2) is 14.6 Å². The third-order valence-corrected chi connectivity index (χ3v) is 5.84. The standard InChI is InChI=1S/C12H17N3OS4.C4H4O4/c17-9-8-10(14-6-15(8)20)12(19,16-11(9)18)5-13-7-3-1-2-4-7;5-3(6)1-2-4(7)8/h6-7,13,17-20H,1-5H2;1-2H,(H,5,6)(H,7,8). The third kappa shape index (κ3) is 5.89. The SMILES string of the molecule is O=C(O)C=CC(=O)O.SC1=C(S)c2c(ncn2S)C(S)(CNC2CCCC2)O1. The summed E-state index contributed by atoms with van der Waals surface area (Å²) in [5.41, 5.74) is 1.51. The Balaban J connectivity index is 0.000000300. The second-order valence-corrected chi connectivity index (χ2v) is 8.21. The van der Waals surface area contributed by atoms with Crippen LogP contribution in [0.1, 0.15) is 37.1 Å². The average Bonchev–Trinajstić information content (AvgIpc) is 3.27. The fraction of sp³-hybridized carbons (Fsp3) is 0.438. The van der Waals surface area contributed by atoms with E-state index in [0.29, 0.717) is 34.7 Å². The van der Waals surface area contributed by atoms with Crippen molar-refractivity contribution in [2.24, 2.45) is 0 Å². The Morgan fingerprint density at radius 3 is 2.39 bits per heavy atom. The normalized spacial score (nSPS) is 21.9. The van der Waals surface area contributed by atoms with Gasteiger partial charge in [-0.2, -0.15) is 0 Å². The molecule has 3 N–H and O–H groups in total.